The van der Waals surface area contributed by atoms with Crippen LogP contribution in [0.5, 0.6) is 0 Å². The van der Waals surface area contributed by atoms with Crippen LogP contribution in [0.3, 0.4) is 0 Å². The van der Waals surface area contributed by atoms with Gasteiger partial charge in [-0.1, -0.05) is 46.6 Å². The molecule has 2 aromatic rings. The summed E-state index contributed by atoms with van der Waals surface area (Å²) < 4.78 is 0. The van der Waals surface area contributed by atoms with Crippen molar-refractivity contribution in [1.29, 1.82) is 0 Å². The summed E-state index contributed by atoms with van der Waals surface area (Å²) in [7, 11) is 2.03. The molecule has 6 heteroatoms. The molecular formula is C37H60FeN2P2Si-6. The minimum absolute atomic E-state index is 0. The molecule has 8 rings (SSSR count). The molecule has 6 aliphatic rings. The second-order valence-electron chi connectivity index (χ2n) is 16.8. The molecule has 2 nitrogen and oxygen atoms in total. The first-order valence-electron chi connectivity index (χ1n) is 17.4. The van der Waals surface area contributed by atoms with Crippen molar-refractivity contribution in [1.82, 2.24) is 10.6 Å². The molecule has 0 amide bonds. The zero-order chi connectivity index (χ0) is 29.7. The van der Waals surface area contributed by atoms with Gasteiger partial charge in [0.05, 0.1) is 0 Å². The summed E-state index contributed by atoms with van der Waals surface area (Å²) in [4.78, 5) is 0. The Morgan fingerprint density at radius 3 is 1.74 bits per heavy atom. The standard InChI is InChI=1S/C32H55N2P2Si.C5H5.Fe/c1-31(2,3)36(30-23-14-21-13-22(16-23)17-24(30)15-21)20-25-18-26(37(4,5)6)19-27(25)32(35,28-9-7-11-33-28)29-10-8-12-34-29;1-2-4-5-3-1;/h18-19,21-24,28-30,33-34H,7-17,20,35H2,1-6H3;1-5H;/q-1;-5;. The minimum Gasteiger partial charge on any atom is -0.748 e. The van der Waals surface area contributed by atoms with E-state index in [1.54, 1.807) is 48.4 Å². The summed E-state index contributed by atoms with van der Waals surface area (Å²) in [6, 6.07) is 16.6. The van der Waals surface area contributed by atoms with Crippen molar-refractivity contribution in [3.63, 3.8) is 0 Å². The van der Waals surface area contributed by atoms with E-state index in [0.717, 1.165) is 29.3 Å². The fourth-order valence-electron chi connectivity index (χ4n) is 10.0. The number of hydrogen-bond acceptors (Lipinski definition) is 2. The fraction of sp³-hybridized carbons (Fsp3) is 0.730. The smallest absolute Gasteiger partial charge is 0.0194 e. The second-order valence-corrected chi connectivity index (χ2v) is 26.1. The largest absolute Gasteiger partial charge is 0.748 e. The van der Waals surface area contributed by atoms with Crippen molar-refractivity contribution in [2.45, 2.75) is 132 Å². The van der Waals surface area contributed by atoms with E-state index in [0.29, 0.717) is 17.2 Å². The number of hydrogen-bond donors (Lipinski definition) is 2. The van der Waals surface area contributed by atoms with Crippen molar-refractivity contribution >= 4 is 30.4 Å². The van der Waals surface area contributed by atoms with Gasteiger partial charge in [-0.05, 0) is 105 Å². The van der Waals surface area contributed by atoms with Crippen molar-refractivity contribution in [2.24, 2.45) is 23.7 Å². The van der Waals surface area contributed by atoms with Gasteiger partial charge in [0, 0.05) is 42.4 Å². The first-order valence-corrected chi connectivity index (χ1v) is 23.1. The molecule has 4 bridgehead atoms. The van der Waals surface area contributed by atoms with Gasteiger partial charge in [-0.15, -0.1) is 22.7 Å². The Hall–Kier alpha value is 0.216. The predicted octanol–water partition coefficient (Wildman–Crippen LogP) is 8.53. The molecule has 246 valence electrons. The van der Waals surface area contributed by atoms with Gasteiger partial charge in [0.25, 0.3) is 0 Å². The van der Waals surface area contributed by atoms with E-state index < -0.39 is 8.07 Å². The molecule has 6 fully saturated rings. The molecule has 2 aromatic carbocycles. The predicted molar refractivity (Wildman–Crippen MR) is 192 cm³/mol. The van der Waals surface area contributed by atoms with E-state index in [9.17, 15) is 0 Å². The van der Waals surface area contributed by atoms with Crippen LogP contribution in [0.2, 0.25) is 19.6 Å². The van der Waals surface area contributed by atoms with Gasteiger partial charge in [0.15, 0.2) is 0 Å². The summed E-state index contributed by atoms with van der Waals surface area (Å²) in [5, 5.41) is 10.2. The van der Waals surface area contributed by atoms with Crippen LogP contribution in [0.15, 0.2) is 42.5 Å². The monoisotopic (exact) mass is 678 g/mol. The van der Waals surface area contributed by atoms with Crippen LogP contribution in [0.25, 0.3) is 0 Å². The summed E-state index contributed by atoms with van der Waals surface area (Å²) in [5.41, 5.74) is 4.48. The van der Waals surface area contributed by atoms with Gasteiger partial charge in [0.1, 0.15) is 0 Å². The average Bonchev–Trinajstić information content (AvgIpc) is 3.75. The third-order valence-electron chi connectivity index (χ3n) is 11.9. The Balaban J connectivity index is 0.000000559. The van der Waals surface area contributed by atoms with E-state index in [-0.39, 0.29) is 30.1 Å². The summed E-state index contributed by atoms with van der Waals surface area (Å²) in [6.07, 6.45) is 14.5. The summed E-state index contributed by atoms with van der Waals surface area (Å²) in [5.74, 6) is 4.21. The molecule has 4 unspecified atom stereocenters. The van der Waals surface area contributed by atoms with E-state index in [4.69, 9.17) is 0 Å². The van der Waals surface area contributed by atoms with Crippen molar-refractivity contribution in [2.75, 3.05) is 13.1 Å². The van der Waals surface area contributed by atoms with Gasteiger partial charge in [-0.2, -0.15) is 11.6 Å². The van der Waals surface area contributed by atoms with Gasteiger partial charge < -0.3 is 41.0 Å². The van der Waals surface area contributed by atoms with Gasteiger partial charge in [0.2, 0.25) is 0 Å². The van der Waals surface area contributed by atoms with Gasteiger partial charge >= 0.3 is 0 Å². The number of nitrogens with one attached hydrogen (secondary N) is 2. The first kappa shape index (κ1) is 34.5. The molecule has 4 atom stereocenters. The summed E-state index contributed by atoms with van der Waals surface area (Å²) >= 11 is 0. The molecule has 2 heterocycles. The van der Waals surface area contributed by atoms with Crippen LogP contribution < -0.4 is 15.8 Å². The van der Waals surface area contributed by atoms with Crippen LogP contribution in [0.1, 0.15) is 89.7 Å². The quantitative estimate of drug-likeness (QED) is 0.174. The Morgan fingerprint density at radius 2 is 1.35 bits per heavy atom. The third-order valence-corrected chi connectivity index (χ3v) is 19.0. The Bertz CT molecular complexity index is 1090. The van der Waals surface area contributed by atoms with Gasteiger partial charge in [-0.3, -0.25) is 0 Å². The molecule has 0 aromatic heterocycles. The molecular weight excluding hydrogens is 618 g/mol. The van der Waals surface area contributed by atoms with Gasteiger partial charge in [-0.25, -0.2) is 11.3 Å². The Labute approximate surface area is 279 Å². The molecule has 2 aliphatic heterocycles. The molecule has 0 spiro atoms. The van der Waals surface area contributed by atoms with Crippen LogP contribution in [0, 0.1) is 23.7 Å². The van der Waals surface area contributed by atoms with Crippen molar-refractivity contribution < 1.29 is 17.1 Å². The maximum atomic E-state index is 3.99. The van der Waals surface area contributed by atoms with Crippen LogP contribution >= 0.6 is 17.2 Å². The van der Waals surface area contributed by atoms with E-state index in [1.807, 2.05) is 30.3 Å². The van der Waals surface area contributed by atoms with Crippen molar-refractivity contribution in [3.8, 4) is 0 Å². The van der Waals surface area contributed by atoms with E-state index in [1.165, 1.54) is 44.9 Å². The Kier molecular flexibility index (Phi) is 11.0. The average molecular weight is 679 g/mol. The first-order chi connectivity index (χ1) is 19.9. The maximum Gasteiger partial charge on any atom is 0.0194 e. The molecule has 4 aliphatic carbocycles. The van der Waals surface area contributed by atoms with Crippen LogP contribution in [-0.2, 0) is 28.4 Å². The van der Waals surface area contributed by atoms with Crippen LogP contribution in [-0.4, -0.2) is 44.1 Å². The summed E-state index contributed by atoms with van der Waals surface area (Å²) in [6.45, 7) is 17.9. The molecule has 43 heavy (non-hydrogen) atoms. The zero-order valence-corrected chi connectivity index (χ0v) is 32.1. The topological polar surface area (TPSA) is 24.1 Å². The van der Waals surface area contributed by atoms with E-state index >= 15 is 0 Å². The van der Waals surface area contributed by atoms with Crippen molar-refractivity contribution in [3.05, 3.63) is 53.6 Å². The third kappa shape index (κ3) is 7.22. The number of rotatable bonds is 7. The molecule has 0 radical (unpaired) electrons. The Morgan fingerprint density at radius 1 is 0.860 bits per heavy atom. The SMILES string of the molecule is CC(C)(C)P(C[c-]1cc([Si](C)(C)C)cc1C(P)(C1CCCN1)C1CCCN1)C1C2CC3CC(C2)CC1C3.[Fe].[cH-]1[cH-][cH-][cH-][cH-]1. The zero-order valence-electron chi connectivity index (χ0n) is 27.9. The molecule has 2 N–H and O–H groups in total. The van der Waals surface area contributed by atoms with Crippen LogP contribution in [0.4, 0.5) is 0 Å². The fourth-order valence-corrected chi connectivity index (χ4v) is 15.8. The maximum absolute atomic E-state index is 3.99. The van der Waals surface area contributed by atoms with E-state index in [2.05, 4.69) is 72.4 Å². The normalized spacial score (nSPS) is 33.9. The minimum atomic E-state index is -1.41. The molecule has 2 saturated heterocycles. The molecule has 4 saturated carbocycles. The second kappa shape index (κ2) is 13.8.